The van der Waals surface area contributed by atoms with E-state index in [2.05, 4.69) is 10.2 Å². The molecule has 1 aromatic carbocycles. The highest BCUT2D eigenvalue weighted by atomic mass is 15.3. The summed E-state index contributed by atoms with van der Waals surface area (Å²) < 4.78 is 0. The highest BCUT2D eigenvalue weighted by Crippen LogP contribution is 2.26. The highest BCUT2D eigenvalue weighted by Gasteiger charge is 2.25. The van der Waals surface area contributed by atoms with Crippen LogP contribution in [0.25, 0.3) is 11.4 Å². The van der Waals surface area contributed by atoms with Crippen LogP contribution in [-0.4, -0.2) is 24.0 Å². The van der Waals surface area contributed by atoms with Gasteiger partial charge in [-0.25, -0.2) is 0 Å². The zero-order valence-electron chi connectivity index (χ0n) is 13.4. The van der Waals surface area contributed by atoms with Crippen molar-refractivity contribution in [3.05, 3.63) is 34.7 Å². The normalized spacial score (nSPS) is 18.7. The number of hydrogen-bond acceptors (Lipinski definition) is 4. The highest BCUT2D eigenvalue weighted by molar-refractivity contribution is 5.72. The van der Waals surface area contributed by atoms with Crippen LogP contribution >= 0.6 is 0 Å². The fourth-order valence-corrected chi connectivity index (χ4v) is 3.64. The molecule has 4 heteroatoms. The van der Waals surface area contributed by atoms with Gasteiger partial charge in [-0.15, -0.1) is 0 Å². The summed E-state index contributed by atoms with van der Waals surface area (Å²) in [5, 5.41) is 23.4. The average Bonchev–Trinajstić information content (AvgIpc) is 2.64. The second kappa shape index (κ2) is 7.20. The van der Waals surface area contributed by atoms with Gasteiger partial charge in [-0.2, -0.15) is 10.5 Å². The predicted molar refractivity (Wildman–Crippen MR) is 89.9 cm³/mol. The number of rotatable bonds is 1. The SMILES string of the molecule is N#CC(C#N)=c1ccc(=C2NCCCN2C2CCCCC2)cc1. The standard InChI is InChI=1S/C19H22N4/c20-13-17(14-21)15-7-9-16(10-8-15)19-22-11-4-12-23(19)18-5-2-1-3-6-18/h7-10,18,22H,1-6,11-12H2. The van der Waals surface area contributed by atoms with Crippen molar-refractivity contribution < 1.29 is 0 Å². The molecule has 0 aromatic heterocycles. The Bertz CT molecular complexity index is 721. The number of benzene rings is 1. The monoisotopic (exact) mass is 306 g/mol. The first-order valence-corrected chi connectivity index (χ1v) is 8.49. The van der Waals surface area contributed by atoms with Crippen LogP contribution in [0.1, 0.15) is 38.5 Å². The number of hydrogen-bond donors (Lipinski definition) is 1. The van der Waals surface area contributed by atoms with E-state index in [-0.39, 0.29) is 5.57 Å². The number of nitrogens with zero attached hydrogens (tertiary/aromatic N) is 3. The molecule has 4 nitrogen and oxygen atoms in total. The third-order valence-corrected chi connectivity index (χ3v) is 4.84. The lowest BCUT2D eigenvalue weighted by Crippen LogP contribution is -2.47. The Hall–Kier alpha value is -2.46. The zero-order chi connectivity index (χ0) is 16.1. The average molecular weight is 306 g/mol. The minimum atomic E-state index is 0.169. The van der Waals surface area contributed by atoms with E-state index in [4.69, 9.17) is 10.5 Å². The summed E-state index contributed by atoms with van der Waals surface area (Å²) in [6.07, 6.45) is 7.77. The summed E-state index contributed by atoms with van der Waals surface area (Å²) >= 11 is 0. The third-order valence-electron chi connectivity index (χ3n) is 4.84. The quantitative estimate of drug-likeness (QED) is 0.855. The predicted octanol–water partition coefficient (Wildman–Crippen LogP) is 1.58. The van der Waals surface area contributed by atoms with Crippen LogP contribution in [0.5, 0.6) is 0 Å². The molecule has 0 amide bonds. The molecular weight excluding hydrogens is 284 g/mol. The van der Waals surface area contributed by atoms with E-state index in [1.165, 1.54) is 44.3 Å². The summed E-state index contributed by atoms with van der Waals surface area (Å²) in [5.74, 6) is 1.21. The molecule has 1 saturated heterocycles. The Kier molecular flexibility index (Phi) is 4.83. The van der Waals surface area contributed by atoms with E-state index in [0.29, 0.717) is 11.3 Å². The third kappa shape index (κ3) is 3.32. The van der Waals surface area contributed by atoms with Crippen LogP contribution in [-0.2, 0) is 0 Å². The van der Waals surface area contributed by atoms with Gasteiger partial charge in [0.05, 0.1) is 0 Å². The molecule has 2 aliphatic rings. The second-order valence-electron chi connectivity index (χ2n) is 6.29. The zero-order valence-corrected chi connectivity index (χ0v) is 13.4. The van der Waals surface area contributed by atoms with Gasteiger partial charge in [0.25, 0.3) is 0 Å². The molecule has 0 atom stereocenters. The lowest BCUT2D eigenvalue weighted by molar-refractivity contribution is 0.204. The van der Waals surface area contributed by atoms with Gasteiger partial charge in [0, 0.05) is 29.6 Å². The van der Waals surface area contributed by atoms with Gasteiger partial charge < -0.3 is 10.2 Å². The first-order chi connectivity index (χ1) is 11.3. The van der Waals surface area contributed by atoms with Gasteiger partial charge in [-0.05, 0) is 19.3 Å². The minimum Gasteiger partial charge on any atom is -0.371 e. The van der Waals surface area contributed by atoms with Gasteiger partial charge in [0.2, 0.25) is 0 Å². The van der Waals surface area contributed by atoms with Crippen molar-refractivity contribution in [1.82, 2.24) is 10.2 Å². The Morgan fingerprint density at radius 1 is 1.00 bits per heavy atom. The minimum absolute atomic E-state index is 0.169. The van der Waals surface area contributed by atoms with Crippen molar-refractivity contribution >= 4 is 11.4 Å². The molecule has 0 unspecified atom stereocenters. The molecule has 1 saturated carbocycles. The first-order valence-electron chi connectivity index (χ1n) is 8.49. The Morgan fingerprint density at radius 2 is 1.70 bits per heavy atom. The van der Waals surface area contributed by atoms with Crippen LogP contribution in [0.3, 0.4) is 0 Å². The Labute approximate surface area is 137 Å². The fraction of sp³-hybridized carbons (Fsp3) is 0.474. The molecule has 0 spiro atoms. The molecular formula is C19H22N4. The summed E-state index contributed by atoms with van der Waals surface area (Å²) in [6, 6.07) is 12.3. The molecule has 3 rings (SSSR count). The largest absolute Gasteiger partial charge is 0.371 e. The fourth-order valence-electron chi connectivity index (χ4n) is 3.64. The van der Waals surface area contributed by atoms with Gasteiger partial charge in [0.15, 0.2) is 0 Å². The van der Waals surface area contributed by atoms with Crippen LogP contribution < -0.4 is 15.8 Å². The molecule has 1 aliphatic heterocycles. The topological polar surface area (TPSA) is 62.9 Å². The summed E-state index contributed by atoms with van der Waals surface area (Å²) in [6.45, 7) is 2.12. The molecule has 1 aromatic rings. The van der Waals surface area contributed by atoms with Crippen molar-refractivity contribution in [2.45, 2.75) is 44.6 Å². The molecule has 1 aliphatic carbocycles. The van der Waals surface area contributed by atoms with E-state index < -0.39 is 0 Å². The van der Waals surface area contributed by atoms with E-state index in [9.17, 15) is 0 Å². The van der Waals surface area contributed by atoms with Crippen LogP contribution in [0.4, 0.5) is 0 Å². The first kappa shape index (κ1) is 15.4. The lowest BCUT2D eigenvalue weighted by atomic mass is 9.93. The second-order valence-corrected chi connectivity index (χ2v) is 6.29. The molecule has 1 N–H and O–H groups in total. The van der Waals surface area contributed by atoms with E-state index >= 15 is 0 Å². The van der Waals surface area contributed by atoms with Gasteiger partial charge in [-0.1, -0.05) is 43.5 Å². The van der Waals surface area contributed by atoms with Gasteiger partial charge >= 0.3 is 0 Å². The summed E-state index contributed by atoms with van der Waals surface area (Å²) in [5.41, 5.74) is 0.169. The van der Waals surface area contributed by atoms with Crippen LogP contribution in [0.2, 0.25) is 0 Å². The Morgan fingerprint density at radius 3 is 2.35 bits per heavy atom. The van der Waals surface area contributed by atoms with E-state index in [0.717, 1.165) is 18.3 Å². The molecule has 118 valence electrons. The van der Waals surface area contributed by atoms with Crippen molar-refractivity contribution in [3.8, 4) is 12.1 Å². The molecule has 1 heterocycles. The summed E-state index contributed by atoms with van der Waals surface area (Å²) in [7, 11) is 0. The van der Waals surface area contributed by atoms with E-state index in [1.54, 1.807) is 0 Å². The molecule has 0 radical (unpaired) electrons. The van der Waals surface area contributed by atoms with Crippen molar-refractivity contribution in [2.24, 2.45) is 0 Å². The molecule has 23 heavy (non-hydrogen) atoms. The van der Waals surface area contributed by atoms with Crippen LogP contribution in [0, 0.1) is 22.7 Å². The van der Waals surface area contributed by atoms with Crippen molar-refractivity contribution in [2.75, 3.05) is 13.1 Å². The lowest BCUT2D eigenvalue weighted by Gasteiger charge is -2.40. The molecule has 0 bridgehead atoms. The van der Waals surface area contributed by atoms with Gasteiger partial charge in [-0.3, -0.25) is 0 Å². The number of nitriles is 2. The van der Waals surface area contributed by atoms with Crippen molar-refractivity contribution in [1.29, 1.82) is 10.5 Å². The van der Waals surface area contributed by atoms with E-state index in [1.807, 2.05) is 36.4 Å². The maximum atomic E-state index is 8.97. The maximum Gasteiger partial charge on any atom is 0.136 e. The number of nitrogens with one attached hydrogen (secondary N) is 1. The molecule has 2 fully saturated rings. The summed E-state index contributed by atoms with van der Waals surface area (Å²) in [4.78, 5) is 2.54. The van der Waals surface area contributed by atoms with Crippen molar-refractivity contribution in [3.63, 3.8) is 0 Å². The maximum absolute atomic E-state index is 8.97. The van der Waals surface area contributed by atoms with Crippen LogP contribution in [0.15, 0.2) is 24.3 Å². The smallest absolute Gasteiger partial charge is 0.136 e. The Balaban J connectivity index is 1.99. The van der Waals surface area contributed by atoms with Gasteiger partial charge in [0.1, 0.15) is 23.5 Å².